The van der Waals surface area contributed by atoms with E-state index in [1.807, 2.05) is 12.1 Å². The lowest BCUT2D eigenvalue weighted by Gasteiger charge is -2.06. The second-order valence-corrected chi connectivity index (χ2v) is 3.87. The Morgan fingerprint density at radius 1 is 1.33 bits per heavy atom. The lowest BCUT2D eigenvalue weighted by molar-refractivity contribution is 1.21. The van der Waals surface area contributed by atoms with Gasteiger partial charge in [-0.25, -0.2) is 0 Å². The predicted octanol–water partition coefficient (Wildman–Crippen LogP) is 3.69. The highest BCUT2D eigenvalue weighted by Gasteiger charge is 2.12. The summed E-state index contributed by atoms with van der Waals surface area (Å²) >= 11 is 11.9. The fourth-order valence-corrected chi connectivity index (χ4v) is 1.83. The molecule has 0 saturated carbocycles. The number of rotatable bonds is 1. The third-order valence-corrected chi connectivity index (χ3v) is 2.80. The number of nitrogens with zero attached hydrogens (tertiary/aromatic N) is 2. The zero-order valence-electron chi connectivity index (χ0n) is 7.61. The molecule has 0 N–H and O–H groups in total. The SMILES string of the molecule is N#CC(Cl)c1ccc(Cl)c2cccnc12. The van der Waals surface area contributed by atoms with Crippen LogP contribution in [0.1, 0.15) is 10.9 Å². The maximum Gasteiger partial charge on any atom is 0.147 e. The van der Waals surface area contributed by atoms with Crippen molar-refractivity contribution in [1.29, 1.82) is 5.26 Å². The Kier molecular flexibility index (Phi) is 2.77. The quantitative estimate of drug-likeness (QED) is 0.709. The van der Waals surface area contributed by atoms with Gasteiger partial charge in [0.1, 0.15) is 5.38 Å². The molecular formula is C11H6Cl2N2. The van der Waals surface area contributed by atoms with Gasteiger partial charge in [-0.2, -0.15) is 5.26 Å². The number of aromatic nitrogens is 1. The summed E-state index contributed by atoms with van der Waals surface area (Å²) in [5.74, 6) is 0. The summed E-state index contributed by atoms with van der Waals surface area (Å²) < 4.78 is 0. The van der Waals surface area contributed by atoms with Crippen LogP contribution in [0.25, 0.3) is 10.9 Å². The highest BCUT2D eigenvalue weighted by atomic mass is 35.5. The second kappa shape index (κ2) is 4.06. The third kappa shape index (κ3) is 1.77. The van der Waals surface area contributed by atoms with Gasteiger partial charge in [-0.3, -0.25) is 4.98 Å². The van der Waals surface area contributed by atoms with E-state index in [0.717, 1.165) is 5.39 Å². The van der Waals surface area contributed by atoms with Crippen molar-refractivity contribution < 1.29 is 0 Å². The minimum absolute atomic E-state index is 0.614. The molecule has 0 aliphatic carbocycles. The molecule has 2 nitrogen and oxygen atoms in total. The van der Waals surface area contributed by atoms with Crippen LogP contribution in [0.5, 0.6) is 0 Å². The van der Waals surface area contributed by atoms with Crippen LogP contribution in [0, 0.1) is 11.3 Å². The Hall–Kier alpha value is -1.30. The fraction of sp³-hybridized carbons (Fsp3) is 0.0909. The molecule has 1 aromatic carbocycles. The first kappa shape index (κ1) is 10.2. The molecule has 2 aromatic rings. The summed E-state index contributed by atoms with van der Waals surface area (Å²) in [7, 11) is 0. The van der Waals surface area contributed by atoms with Gasteiger partial charge < -0.3 is 0 Å². The summed E-state index contributed by atoms with van der Waals surface area (Å²) in [5.41, 5.74) is 1.38. The van der Waals surface area contributed by atoms with E-state index in [2.05, 4.69) is 4.98 Å². The summed E-state index contributed by atoms with van der Waals surface area (Å²) in [6.07, 6.45) is 1.66. The van der Waals surface area contributed by atoms with Crippen LogP contribution in [0.2, 0.25) is 5.02 Å². The number of hydrogen-bond acceptors (Lipinski definition) is 2. The van der Waals surface area contributed by atoms with Crippen molar-refractivity contribution in [2.24, 2.45) is 0 Å². The Labute approximate surface area is 97.1 Å². The predicted molar refractivity (Wildman–Crippen MR) is 61.0 cm³/mol. The Morgan fingerprint density at radius 2 is 2.13 bits per heavy atom. The number of fused-ring (bicyclic) bond motifs is 1. The average Bonchev–Trinajstić information content (AvgIpc) is 2.29. The number of hydrogen-bond donors (Lipinski definition) is 0. The molecular weight excluding hydrogens is 231 g/mol. The molecule has 0 amide bonds. The van der Waals surface area contributed by atoms with Crippen LogP contribution < -0.4 is 0 Å². The number of alkyl halides is 1. The smallest absolute Gasteiger partial charge is 0.147 e. The average molecular weight is 237 g/mol. The number of halogens is 2. The molecule has 1 unspecified atom stereocenters. The van der Waals surface area contributed by atoms with E-state index in [-0.39, 0.29) is 0 Å². The van der Waals surface area contributed by atoms with Crippen molar-refractivity contribution in [1.82, 2.24) is 4.98 Å². The van der Waals surface area contributed by atoms with E-state index >= 15 is 0 Å². The van der Waals surface area contributed by atoms with Gasteiger partial charge in [-0.05, 0) is 18.2 Å². The van der Waals surface area contributed by atoms with Crippen molar-refractivity contribution >= 4 is 34.1 Å². The van der Waals surface area contributed by atoms with E-state index in [4.69, 9.17) is 28.5 Å². The Morgan fingerprint density at radius 3 is 2.87 bits per heavy atom. The van der Waals surface area contributed by atoms with Crippen LogP contribution in [0.4, 0.5) is 0 Å². The summed E-state index contributed by atoms with van der Waals surface area (Å²) in [5, 5.41) is 9.51. The van der Waals surface area contributed by atoms with Crippen molar-refractivity contribution in [3.8, 4) is 6.07 Å². The maximum atomic E-state index is 8.77. The lowest BCUT2D eigenvalue weighted by atomic mass is 10.1. The minimum atomic E-state index is -0.695. The first-order valence-corrected chi connectivity index (χ1v) is 5.12. The summed E-state index contributed by atoms with van der Waals surface area (Å²) in [4.78, 5) is 4.19. The van der Waals surface area contributed by atoms with Crippen molar-refractivity contribution in [2.45, 2.75) is 5.38 Å². The van der Waals surface area contributed by atoms with E-state index in [0.29, 0.717) is 16.1 Å². The van der Waals surface area contributed by atoms with Crippen LogP contribution in [0.3, 0.4) is 0 Å². The van der Waals surface area contributed by atoms with Gasteiger partial charge in [0.2, 0.25) is 0 Å². The minimum Gasteiger partial charge on any atom is -0.256 e. The van der Waals surface area contributed by atoms with E-state index < -0.39 is 5.38 Å². The van der Waals surface area contributed by atoms with Crippen LogP contribution >= 0.6 is 23.2 Å². The van der Waals surface area contributed by atoms with Gasteiger partial charge in [0.15, 0.2) is 0 Å². The first-order chi connectivity index (χ1) is 7.24. The van der Waals surface area contributed by atoms with Crippen molar-refractivity contribution in [3.63, 3.8) is 0 Å². The normalized spacial score (nSPS) is 12.3. The standard InChI is InChI=1S/C11H6Cl2N2/c12-9-4-3-8(10(13)6-14)11-7(9)2-1-5-15-11/h1-5,10H. The van der Waals surface area contributed by atoms with E-state index in [1.54, 1.807) is 24.4 Å². The van der Waals surface area contributed by atoms with Crippen molar-refractivity contribution in [2.75, 3.05) is 0 Å². The molecule has 0 aliphatic rings. The Balaban J connectivity index is 2.78. The number of benzene rings is 1. The molecule has 0 radical (unpaired) electrons. The molecule has 0 saturated heterocycles. The Bertz CT molecular complexity index is 546. The van der Waals surface area contributed by atoms with Gasteiger partial charge in [0.05, 0.1) is 11.6 Å². The van der Waals surface area contributed by atoms with Crippen LogP contribution in [0.15, 0.2) is 30.5 Å². The second-order valence-electron chi connectivity index (χ2n) is 3.03. The molecule has 0 fully saturated rings. The molecule has 1 aromatic heterocycles. The molecule has 74 valence electrons. The molecule has 0 aliphatic heterocycles. The zero-order valence-corrected chi connectivity index (χ0v) is 9.13. The molecule has 2 rings (SSSR count). The monoisotopic (exact) mass is 236 g/mol. The van der Waals surface area contributed by atoms with Gasteiger partial charge in [-0.1, -0.05) is 17.7 Å². The molecule has 1 heterocycles. The topological polar surface area (TPSA) is 36.7 Å². The molecule has 4 heteroatoms. The number of nitriles is 1. The van der Waals surface area contributed by atoms with Gasteiger partial charge in [-0.15, -0.1) is 11.6 Å². The number of pyridine rings is 1. The largest absolute Gasteiger partial charge is 0.256 e. The maximum absolute atomic E-state index is 8.77. The van der Waals surface area contributed by atoms with E-state index in [9.17, 15) is 0 Å². The van der Waals surface area contributed by atoms with Gasteiger partial charge in [0.25, 0.3) is 0 Å². The summed E-state index contributed by atoms with van der Waals surface area (Å²) in [6, 6.07) is 9.10. The zero-order chi connectivity index (χ0) is 10.8. The molecule has 0 spiro atoms. The van der Waals surface area contributed by atoms with Crippen molar-refractivity contribution in [3.05, 3.63) is 41.0 Å². The van der Waals surface area contributed by atoms with E-state index in [1.165, 1.54) is 0 Å². The molecule has 0 bridgehead atoms. The third-order valence-electron chi connectivity index (χ3n) is 2.13. The first-order valence-electron chi connectivity index (χ1n) is 4.31. The molecule has 15 heavy (non-hydrogen) atoms. The van der Waals surface area contributed by atoms with Crippen LogP contribution in [-0.2, 0) is 0 Å². The summed E-state index contributed by atoms with van der Waals surface area (Å²) in [6.45, 7) is 0. The van der Waals surface area contributed by atoms with Gasteiger partial charge >= 0.3 is 0 Å². The fourth-order valence-electron chi connectivity index (χ4n) is 1.43. The lowest BCUT2D eigenvalue weighted by Crippen LogP contribution is -1.91. The molecule has 1 atom stereocenters. The van der Waals surface area contributed by atoms with Gasteiger partial charge in [0, 0.05) is 22.2 Å². The highest BCUT2D eigenvalue weighted by molar-refractivity contribution is 6.35. The highest BCUT2D eigenvalue weighted by Crippen LogP contribution is 2.30. The van der Waals surface area contributed by atoms with Crippen LogP contribution in [-0.4, -0.2) is 4.98 Å².